The lowest BCUT2D eigenvalue weighted by Crippen LogP contribution is -2.25. The Labute approximate surface area is 189 Å². The highest BCUT2D eigenvalue weighted by atomic mass is 16.5. The van der Waals surface area contributed by atoms with Gasteiger partial charge in [-0.2, -0.15) is 10.4 Å². The van der Waals surface area contributed by atoms with Gasteiger partial charge in [0.1, 0.15) is 23.2 Å². The number of carbonyl (C=O) groups excluding carboxylic acids is 2. The van der Waals surface area contributed by atoms with Crippen molar-refractivity contribution in [2.75, 3.05) is 13.7 Å². The third kappa shape index (κ3) is 6.03. The van der Waals surface area contributed by atoms with Crippen LogP contribution in [0.5, 0.6) is 5.88 Å². The number of nitrogens with one attached hydrogen (secondary N) is 1. The number of amides is 1. The van der Waals surface area contributed by atoms with Gasteiger partial charge in [0.05, 0.1) is 18.8 Å². The van der Waals surface area contributed by atoms with Crippen LogP contribution in [0.1, 0.15) is 32.9 Å². The van der Waals surface area contributed by atoms with Gasteiger partial charge in [0, 0.05) is 23.9 Å². The van der Waals surface area contributed by atoms with Crippen molar-refractivity contribution in [3.63, 3.8) is 0 Å². The molecular formula is C23H19N4O6-. The van der Waals surface area contributed by atoms with E-state index in [1.54, 1.807) is 37.3 Å². The van der Waals surface area contributed by atoms with E-state index in [2.05, 4.69) is 15.5 Å². The number of pyridine rings is 1. The highest BCUT2D eigenvalue weighted by Gasteiger charge is 2.14. The van der Waals surface area contributed by atoms with Gasteiger partial charge in [-0.1, -0.05) is 24.3 Å². The zero-order valence-corrected chi connectivity index (χ0v) is 17.8. The zero-order chi connectivity index (χ0) is 23.8. The molecule has 33 heavy (non-hydrogen) atoms. The first-order valence-electron chi connectivity index (χ1n) is 9.67. The summed E-state index contributed by atoms with van der Waals surface area (Å²) in [6.45, 7) is 1.56. The number of carboxylic acids is 1. The van der Waals surface area contributed by atoms with E-state index in [4.69, 9.17) is 13.9 Å². The third-order valence-corrected chi connectivity index (χ3v) is 4.36. The summed E-state index contributed by atoms with van der Waals surface area (Å²) in [6, 6.07) is 13.1. The summed E-state index contributed by atoms with van der Waals surface area (Å²) in [5.74, 6) is -0.907. The van der Waals surface area contributed by atoms with Gasteiger partial charge >= 0.3 is 0 Å². The van der Waals surface area contributed by atoms with Crippen molar-refractivity contribution < 1.29 is 28.6 Å². The molecule has 0 aliphatic rings. The Kier molecular flexibility index (Phi) is 7.51. The molecule has 2 aromatic heterocycles. The number of furan rings is 1. The topological polar surface area (TPSA) is 150 Å². The van der Waals surface area contributed by atoms with Crippen LogP contribution in [-0.4, -0.2) is 36.8 Å². The van der Waals surface area contributed by atoms with Crippen LogP contribution in [0.15, 0.2) is 52.0 Å². The molecule has 2 heterocycles. The molecule has 10 heteroatoms. The van der Waals surface area contributed by atoms with E-state index in [0.717, 1.165) is 0 Å². The highest BCUT2D eigenvalue weighted by molar-refractivity contribution is 5.86. The van der Waals surface area contributed by atoms with Crippen molar-refractivity contribution in [3.05, 3.63) is 70.6 Å². The average Bonchev–Trinajstić information content (AvgIpc) is 3.26. The van der Waals surface area contributed by atoms with E-state index in [1.165, 1.54) is 25.5 Å². The predicted octanol–water partition coefficient (Wildman–Crippen LogP) is 1.56. The van der Waals surface area contributed by atoms with E-state index < -0.39 is 18.5 Å². The van der Waals surface area contributed by atoms with Crippen molar-refractivity contribution in [2.45, 2.75) is 13.5 Å². The molecule has 0 spiro atoms. The Morgan fingerprint density at radius 3 is 2.70 bits per heavy atom. The molecule has 0 saturated carbocycles. The molecule has 3 aromatic rings. The maximum atomic E-state index is 12.0. The van der Waals surface area contributed by atoms with E-state index in [-0.39, 0.29) is 23.6 Å². The van der Waals surface area contributed by atoms with Crippen LogP contribution >= 0.6 is 0 Å². The number of aromatic carboxylic acids is 1. The molecule has 0 aliphatic carbocycles. The summed E-state index contributed by atoms with van der Waals surface area (Å²) >= 11 is 0. The van der Waals surface area contributed by atoms with E-state index in [0.29, 0.717) is 28.3 Å². The smallest absolute Gasteiger partial charge is 0.278 e. The molecule has 0 unspecified atom stereocenters. The number of aromatic nitrogens is 1. The third-order valence-electron chi connectivity index (χ3n) is 4.36. The molecule has 3 rings (SSSR count). The van der Waals surface area contributed by atoms with Gasteiger partial charge in [-0.05, 0) is 30.7 Å². The molecule has 0 fully saturated rings. The van der Waals surface area contributed by atoms with Crippen LogP contribution in [0.3, 0.4) is 0 Å². The summed E-state index contributed by atoms with van der Waals surface area (Å²) in [6.07, 6.45) is 1.30. The lowest BCUT2D eigenvalue weighted by molar-refractivity contribution is -0.255. The van der Waals surface area contributed by atoms with Crippen molar-refractivity contribution >= 4 is 18.1 Å². The summed E-state index contributed by atoms with van der Waals surface area (Å²) < 4.78 is 16.1. The summed E-state index contributed by atoms with van der Waals surface area (Å²) in [5.41, 5.74) is 4.48. The van der Waals surface area contributed by atoms with Gasteiger partial charge in [0.2, 0.25) is 5.88 Å². The minimum Gasteiger partial charge on any atom is -0.545 e. The van der Waals surface area contributed by atoms with Gasteiger partial charge in [-0.25, -0.2) is 10.4 Å². The number of carboxylic acid groups (broad SMARTS) is 1. The maximum Gasteiger partial charge on any atom is 0.278 e. The minimum atomic E-state index is -1.26. The summed E-state index contributed by atoms with van der Waals surface area (Å²) in [7, 11) is 1.51. The van der Waals surface area contributed by atoms with E-state index in [1.807, 2.05) is 6.07 Å². The Hall–Kier alpha value is -4.49. The fourth-order valence-electron chi connectivity index (χ4n) is 2.89. The number of benzene rings is 1. The molecule has 0 bridgehead atoms. The van der Waals surface area contributed by atoms with Crippen LogP contribution < -0.4 is 15.3 Å². The molecule has 0 atom stereocenters. The molecule has 10 nitrogen and oxygen atoms in total. The Bertz CT molecular complexity index is 1220. The van der Waals surface area contributed by atoms with Crippen molar-refractivity contribution in [3.8, 4) is 23.3 Å². The predicted molar refractivity (Wildman–Crippen MR) is 114 cm³/mol. The summed E-state index contributed by atoms with van der Waals surface area (Å²) in [5, 5.41) is 24.0. The van der Waals surface area contributed by atoms with Crippen molar-refractivity contribution in [1.82, 2.24) is 10.4 Å². The monoisotopic (exact) mass is 447 g/mol. The second-order valence-electron chi connectivity index (χ2n) is 6.80. The lowest BCUT2D eigenvalue weighted by atomic mass is 10.1. The molecule has 1 aromatic carbocycles. The molecule has 0 saturated heterocycles. The molecule has 1 amide bonds. The number of aryl methyl sites for hydroxylation is 1. The minimum absolute atomic E-state index is 0.0454. The first-order chi connectivity index (χ1) is 15.9. The van der Waals surface area contributed by atoms with Gasteiger partial charge in [0.15, 0.2) is 6.61 Å². The number of nitrogens with zero attached hydrogens (tertiary/aromatic N) is 3. The number of ether oxygens (including phenoxy) is 2. The Balaban J connectivity index is 1.57. The molecule has 0 aliphatic heterocycles. The van der Waals surface area contributed by atoms with Crippen LogP contribution in [0, 0.1) is 18.3 Å². The molecule has 0 radical (unpaired) electrons. The zero-order valence-electron chi connectivity index (χ0n) is 17.8. The molecule has 168 valence electrons. The highest BCUT2D eigenvalue weighted by Crippen LogP contribution is 2.22. The first-order valence-corrected chi connectivity index (χ1v) is 9.67. The van der Waals surface area contributed by atoms with Crippen LogP contribution in [-0.2, 0) is 16.1 Å². The normalized spacial score (nSPS) is 10.7. The fraction of sp³-hybridized carbons (Fsp3) is 0.174. The number of carbonyl (C=O) groups is 2. The Morgan fingerprint density at radius 2 is 2.03 bits per heavy atom. The number of methoxy groups -OCH3 is 1. The van der Waals surface area contributed by atoms with Gasteiger partial charge < -0.3 is 23.8 Å². The largest absolute Gasteiger partial charge is 0.545 e. The van der Waals surface area contributed by atoms with Gasteiger partial charge in [0.25, 0.3) is 5.91 Å². The van der Waals surface area contributed by atoms with Gasteiger partial charge in [-0.3, -0.25) is 4.79 Å². The van der Waals surface area contributed by atoms with Crippen LogP contribution in [0.25, 0.3) is 11.3 Å². The van der Waals surface area contributed by atoms with Gasteiger partial charge in [-0.15, -0.1) is 0 Å². The number of nitriles is 1. The first kappa shape index (κ1) is 23.2. The Morgan fingerprint density at radius 1 is 1.27 bits per heavy atom. The average molecular weight is 447 g/mol. The number of hydrogen-bond donors (Lipinski definition) is 1. The van der Waals surface area contributed by atoms with Crippen LogP contribution in [0.2, 0.25) is 0 Å². The van der Waals surface area contributed by atoms with Crippen molar-refractivity contribution in [1.29, 1.82) is 5.26 Å². The second-order valence-corrected chi connectivity index (χ2v) is 6.80. The maximum absolute atomic E-state index is 12.0. The van der Waals surface area contributed by atoms with Crippen molar-refractivity contribution in [2.24, 2.45) is 5.10 Å². The van der Waals surface area contributed by atoms with Crippen LogP contribution in [0.4, 0.5) is 0 Å². The second kappa shape index (κ2) is 10.7. The van der Waals surface area contributed by atoms with E-state index in [9.17, 15) is 20.0 Å². The molecule has 1 N–H and O–H groups in total. The number of rotatable bonds is 9. The fourth-order valence-corrected chi connectivity index (χ4v) is 2.89. The number of hydrogen-bond acceptors (Lipinski definition) is 9. The quantitative estimate of drug-likeness (QED) is 0.383. The molecular weight excluding hydrogens is 428 g/mol. The summed E-state index contributed by atoms with van der Waals surface area (Å²) in [4.78, 5) is 27.0. The standard InChI is InChI=1S/C23H20N4O6/c1-14-9-17(12-31-2)19(10-24)22(26-14)32-13-21(28)27-25-11-18-7-8-20(33-18)15-3-5-16(6-4-15)23(29)30/h3-9,11H,12-13H2,1-2H3,(H,27,28)(H,29,30)/p-1. The SMILES string of the molecule is COCc1cc(C)nc(OCC(=O)NN=Cc2ccc(-c3ccc(C(=O)[O-])cc3)o2)c1C#N. The van der Waals surface area contributed by atoms with E-state index >= 15 is 0 Å². The lowest BCUT2D eigenvalue weighted by Gasteiger charge is -2.10. The number of hydrazone groups is 1.